The largest absolute Gasteiger partial charge is 0.484 e. The molecule has 2 rings (SSSR count). The summed E-state index contributed by atoms with van der Waals surface area (Å²) in [7, 11) is -3.22. The Morgan fingerprint density at radius 1 is 1.12 bits per heavy atom. The first-order valence-corrected chi connectivity index (χ1v) is 10.2. The van der Waals surface area contributed by atoms with Gasteiger partial charge in [-0.1, -0.05) is 12.1 Å². The first kappa shape index (κ1) is 18.7. The average Bonchev–Trinajstić information content (AvgIpc) is 2.53. The molecule has 2 aromatic rings. The monoisotopic (exact) mass is 459 g/mol. The van der Waals surface area contributed by atoms with Crippen LogP contribution in [0, 0.1) is 3.57 Å². The van der Waals surface area contributed by atoms with Crippen LogP contribution in [0.4, 0.5) is 0 Å². The summed E-state index contributed by atoms with van der Waals surface area (Å²) >= 11 is 2.20. The van der Waals surface area contributed by atoms with Crippen molar-refractivity contribution in [2.75, 3.05) is 12.9 Å². The second kappa shape index (κ2) is 7.98. The van der Waals surface area contributed by atoms with Gasteiger partial charge in [0, 0.05) is 9.83 Å². The fraction of sp³-hybridized carbons (Fsp3) is 0.235. The van der Waals surface area contributed by atoms with E-state index in [0.29, 0.717) is 5.75 Å². The normalized spacial score (nSPS) is 12.5. The number of nitrogens with one attached hydrogen (secondary N) is 1. The van der Waals surface area contributed by atoms with Crippen LogP contribution in [0.15, 0.2) is 53.4 Å². The smallest absolute Gasteiger partial charge is 0.258 e. The standard InChI is InChI=1S/C17H18INO4S/c1-12(13-3-9-16(10-4-13)24(2,21)22)19-17(20)11-23-15-7-5-14(18)6-8-15/h3-10,12H,11H2,1-2H3,(H,19,20)/t12-/m0/s1. The lowest BCUT2D eigenvalue weighted by atomic mass is 10.1. The Balaban J connectivity index is 1.90. The van der Waals surface area contributed by atoms with Crippen LogP contribution in [0.2, 0.25) is 0 Å². The fourth-order valence-corrected chi connectivity index (χ4v) is 3.04. The topological polar surface area (TPSA) is 72.5 Å². The highest BCUT2D eigenvalue weighted by molar-refractivity contribution is 14.1. The molecule has 0 aliphatic carbocycles. The molecule has 1 N–H and O–H groups in total. The molecule has 0 aliphatic rings. The minimum absolute atomic E-state index is 0.0770. The Morgan fingerprint density at radius 3 is 2.25 bits per heavy atom. The average molecular weight is 459 g/mol. The molecule has 24 heavy (non-hydrogen) atoms. The van der Waals surface area contributed by atoms with E-state index in [1.807, 2.05) is 31.2 Å². The van der Waals surface area contributed by atoms with E-state index >= 15 is 0 Å². The van der Waals surface area contributed by atoms with E-state index in [9.17, 15) is 13.2 Å². The van der Waals surface area contributed by atoms with Gasteiger partial charge in [-0.2, -0.15) is 0 Å². The van der Waals surface area contributed by atoms with Gasteiger partial charge in [0.2, 0.25) is 0 Å². The molecule has 128 valence electrons. The van der Waals surface area contributed by atoms with Gasteiger partial charge >= 0.3 is 0 Å². The maximum absolute atomic E-state index is 12.0. The lowest BCUT2D eigenvalue weighted by Gasteiger charge is -2.15. The second-order valence-corrected chi connectivity index (χ2v) is 8.63. The summed E-state index contributed by atoms with van der Waals surface area (Å²) in [5, 5.41) is 2.82. The van der Waals surface area contributed by atoms with Crippen molar-refractivity contribution in [3.8, 4) is 5.75 Å². The summed E-state index contributed by atoms with van der Waals surface area (Å²) in [4.78, 5) is 12.2. The fourth-order valence-electron chi connectivity index (χ4n) is 2.05. The Labute approximate surface area is 155 Å². The van der Waals surface area contributed by atoms with Gasteiger partial charge in [-0.25, -0.2) is 8.42 Å². The number of carbonyl (C=O) groups is 1. The number of benzene rings is 2. The molecule has 0 heterocycles. The minimum Gasteiger partial charge on any atom is -0.484 e. The lowest BCUT2D eigenvalue weighted by Crippen LogP contribution is -2.31. The molecule has 0 aromatic heterocycles. The molecule has 1 atom stereocenters. The Kier molecular flexibility index (Phi) is 6.22. The SMILES string of the molecule is C[C@H](NC(=O)COc1ccc(I)cc1)c1ccc(S(C)(=O)=O)cc1. The summed E-state index contributed by atoms with van der Waals surface area (Å²) < 4.78 is 29.4. The molecule has 0 spiro atoms. The number of carbonyl (C=O) groups excluding carboxylic acids is 1. The third-order valence-corrected chi connectivity index (χ3v) is 5.22. The van der Waals surface area contributed by atoms with Crippen LogP contribution in [0.3, 0.4) is 0 Å². The van der Waals surface area contributed by atoms with Gasteiger partial charge in [-0.05, 0) is 71.5 Å². The third kappa shape index (κ3) is 5.48. The van der Waals surface area contributed by atoms with Gasteiger partial charge in [0.1, 0.15) is 5.75 Å². The molecule has 0 radical (unpaired) electrons. The van der Waals surface area contributed by atoms with Crippen molar-refractivity contribution >= 4 is 38.3 Å². The Hall–Kier alpha value is -1.61. The van der Waals surface area contributed by atoms with Gasteiger partial charge < -0.3 is 10.1 Å². The zero-order valence-electron chi connectivity index (χ0n) is 13.3. The van der Waals surface area contributed by atoms with Crippen molar-refractivity contribution in [3.63, 3.8) is 0 Å². The number of rotatable bonds is 6. The molecule has 1 amide bonds. The van der Waals surface area contributed by atoms with Crippen LogP contribution in [0.1, 0.15) is 18.5 Å². The number of halogens is 1. The van der Waals surface area contributed by atoms with E-state index < -0.39 is 9.84 Å². The first-order valence-electron chi connectivity index (χ1n) is 7.23. The molecule has 0 aliphatic heterocycles. The molecule has 0 saturated carbocycles. The Bertz CT molecular complexity index is 801. The number of ether oxygens (including phenoxy) is 1. The predicted molar refractivity (Wildman–Crippen MR) is 101 cm³/mol. The third-order valence-electron chi connectivity index (χ3n) is 3.37. The minimum atomic E-state index is -3.22. The van der Waals surface area contributed by atoms with Crippen LogP contribution in [-0.2, 0) is 14.6 Å². The van der Waals surface area contributed by atoms with E-state index in [4.69, 9.17) is 4.74 Å². The zero-order valence-corrected chi connectivity index (χ0v) is 16.3. The zero-order chi connectivity index (χ0) is 17.7. The molecule has 0 bridgehead atoms. The molecule has 0 unspecified atom stereocenters. The van der Waals surface area contributed by atoms with Gasteiger partial charge in [-0.15, -0.1) is 0 Å². The molecule has 5 nitrogen and oxygen atoms in total. The summed E-state index contributed by atoms with van der Waals surface area (Å²) in [5.74, 6) is 0.393. The second-order valence-electron chi connectivity index (χ2n) is 5.37. The van der Waals surface area contributed by atoms with Crippen molar-refractivity contribution in [2.24, 2.45) is 0 Å². The predicted octanol–water partition coefficient (Wildman–Crippen LogP) is 2.95. The highest BCUT2D eigenvalue weighted by Gasteiger charge is 2.12. The number of amides is 1. The van der Waals surface area contributed by atoms with Crippen molar-refractivity contribution in [1.82, 2.24) is 5.32 Å². The quantitative estimate of drug-likeness (QED) is 0.675. The van der Waals surface area contributed by atoms with Crippen molar-refractivity contribution in [1.29, 1.82) is 0 Å². The van der Waals surface area contributed by atoms with Crippen LogP contribution < -0.4 is 10.1 Å². The van der Waals surface area contributed by atoms with Gasteiger partial charge in [-0.3, -0.25) is 4.79 Å². The van der Waals surface area contributed by atoms with Crippen molar-refractivity contribution in [2.45, 2.75) is 17.9 Å². The molecular weight excluding hydrogens is 441 g/mol. The van der Waals surface area contributed by atoms with Crippen LogP contribution in [0.25, 0.3) is 0 Å². The van der Waals surface area contributed by atoms with Gasteiger partial charge in [0.05, 0.1) is 10.9 Å². The Morgan fingerprint density at radius 2 is 1.71 bits per heavy atom. The van der Waals surface area contributed by atoms with E-state index in [1.165, 1.54) is 12.1 Å². The summed E-state index contributed by atoms with van der Waals surface area (Å²) in [5.41, 5.74) is 0.824. The molecule has 0 fully saturated rings. The molecular formula is C17H18INO4S. The highest BCUT2D eigenvalue weighted by Crippen LogP contribution is 2.17. The van der Waals surface area contributed by atoms with Gasteiger partial charge in [0.15, 0.2) is 16.4 Å². The van der Waals surface area contributed by atoms with Crippen molar-refractivity contribution < 1.29 is 17.9 Å². The molecule has 2 aromatic carbocycles. The first-order chi connectivity index (χ1) is 11.3. The van der Waals surface area contributed by atoms with E-state index in [0.717, 1.165) is 15.4 Å². The lowest BCUT2D eigenvalue weighted by molar-refractivity contribution is -0.123. The summed E-state index contributed by atoms with van der Waals surface area (Å²) in [6.45, 7) is 1.75. The van der Waals surface area contributed by atoms with Crippen LogP contribution in [-0.4, -0.2) is 27.2 Å². The van der Waals surface area contributed by atoms with Gasteiger partial charge in [0.25, 0.3) is 5.91 Å². The highest BCUT2D eigenvalue weighted by atomic mass is 127. The number of hydrogen-bond acceptors (Lipinski definition) is 4. The van der Waals surface area contributed by atoms with Crippen LogP contribution in [0.5, 0.6) is 5.75 Å². The van der Waals surface area contributed by atoms with E-state index in [2.05, 4.69) is 27.9 Å². The number of sulfone groups is 1. The maximum Gasteiger partial charge on any atom is 0.258 e. The summed E-state index contributed by atoms with van der Waals surface area (Å²) in [6.07, 6.45) is 1.16. The van der Waals surface area contributed by atoms with E-state index in [-0.39, 0.29) is 23.5 Å². The molecule has 7 heteroatoms. The van der Waals surface area contributed by atoms with Crippen molar-refractivity contribution in [3.05, 3.63) is 57.7 Å². The maximum atomic E-state index is 12.0. The molecule has 0 saturated heterocycles. The summed E-state index contributed by atoms with van der Waals surface area (Å²) in [6, 6.07) is 13.6. The van der Waals surface area contributed by atoms with E-state index in [1.54, 1.807) is 12.1 Å². The van der Waals surface area contributed by atoms with Crippen LogP contribution >= 0.6 is 22.6 Å². The number of hydrogen-bond donors (Lipinski definition) is 1.